The molecule has 9 fully saturated rings. The summed E-state index contributed by atoms with van der Waals surface area (Å²) < 4.78 is 61.4. The first-order chi connectivity index (χ1) is 35.0. The first-order valence-electron chi connectivity index (χ1n) is 26.9. The highest BCUT2D eigenvalue weighted by Gasteiger charge is 2.70. The maximum absolute atomic E-state index is 11.5. The largest absolute Gasteiger partial charge is 0.394 e. The first-order valence-corrected chi connectivity index (χ1v) is 26.9. The summed E-state index contributed by atoms with van der Waals surface area (Å²) in [5.41, 5.74) is 0.374. The highest BCUT2D eigenvalue weighted by Crippen LogP contribution is 2.71. The van der Waals surface area contributed by atoms with Gasteiger partial charge in [-0.3, -0.25) is 0 Å². The van der Waals surface area contributed by atoms with Crippen molar-refractivity contribution in [1.82, 2.24) is 0 Å². The van der Waals surface area contributed by atoms with E-state index in [2.05, 4.69) is 26.8 Å². The van der Waals surface area contributed by atoms with Gasteiger partial charge < -0.3 is 114 Å². The van der Waals surface area contributed by atoms with E-state index in [4.69, 9.17) is 47.4 Å². The molecular weight excluding hydrogens is 981 g/mol. The summed E-state index contributed by atoms with van der Waals surface area (Å²) in [5.74, 6) is 0.781. The van der Waals surface area contributed by atoms with Gasteiger partial charge in [-0.15, -0.1) is 0 Å². The Balaban J connectivity index is 0.778. The Hall–Kier alpha value is -1.18. The van der Waals surface area contributed by atoms with E-state index in [0.29, 0.717) is 43.4 Å². The molecule has 23 heteroatoms. The zero-order valence-electron chi connectivity index (χ0n) is 42.8. The highest BCUT2D eigenvalue weighted by atomic mass is 16.8. The molecule has 0 aromatic heterocycles. The van der Waals surface area contributed by atoms with Crippen LogP contribution in [0.4, 0.5) is 0 Å². The molecule has 10 aliphatic rings. The normalized spacial score (nSPS) is 57.4. The monoisotopic (exact) mass is 1060 g/mol. The Morgan fingerprint density at radius 2 is 1.18 bits per heavy atom. The van der Waals surface area contributed by atoms with Crippen LogP contribution in [-0.4, -0.2) is 239 Å². The number of allylic oxidation sites excluding steroid dienone is 1. The van der Waals surface area contributed by atoms with E-state index < -0.39 is 160 Å². The standard InChI is InChI=1S/C51H82O23/c1-20-31-27(73-51(20)13-12-48(3,74-51)19-65-44-39(62)36(59)33(56)28(16-52)68-44)15-26-24-7-6-22-14-23(8-10-49(22,4)25(24)9-11-50(26,31)5)67-47-43(37(60)34(57)29(17-53)69-47)72-46-41(64)38(61)42(30(18-54)70-46)71-45-40(63)35(58)32(55)21(2)66-45/h6,20-21,23-47,52-64H,7-19H2,1-5H3/t20-,21+,23+,24-,25?,26?,27+,28-,29-,30-,31?,32+,33-,34-,35-,36+,37+,38-,39-,40-,41-,42-,43-,44-,45+,46+,47-,48+,49+,50+,51+/m1/s1. The molecule has 6 aliphatic heterocycles. The van der Waals surface area contributed by atoms with Gasteiger partial charge in [0.2, 0.25) is 0 Å². The lowest BCUT2D eigenvalue weighted by Crippen LogP contribution is -2.66. The van der Waals surface area contributed by atoms with Gasteiger partial charge in [0.1, 0.15) is 91.6 Å². The van der Waals surface area contributed by atoms with Crippen molar-refractivity contribution in [1.29, 1.82) is 0 Å². The molecule has 6 heterocycles. The van der Waals surface area contributed by atoms with E-state index in [1.165, 1.54) is 12.5 Å². The fourth-order valence-corrected chi connectivity index (χ4v) is 15.6. The summed E-state index contributed by atoms with van der Waals surface area (Å²) in [6.45, 7) is 8.49. The molecule has 3 unspecified atom stereocenters. The predicted octanol–water partition coefficient (Wildman–Crippen LogP) is -2.85. The highest BCUT2D eigenvalue weighted by molar-refractivity contribution is 5.27. The molecule has 0 amide bonds. The Kier molecular flexibility index (Phi) is 16.0. The molecule has 0 aromatic carbocycles. The van der Waals surface area contributed by atoms with Crippen molar-refractivity contribution in [3.05, 3.63) is 11.6 Å². The molecule has 74 heavy (non-hydrogen) atoms. The summed E-state index contributed by atoms with van der Waals surface area (Å²) in [6, 6.07) is 0. The lowest BCUT2D eigenvalue weighted by Gasteiger charge is -2.58. The third-order valence-corrected chi connectivity index (χ3v) is 19.9. The average Bonchev–Trinajstić information content (AvgIpc) is 3.98. The van der Waals surface area contributed by atoms with E-state index in [9.17, 15) is 66.4 Å². The molecule has 3 saturated carbocycles. The number of aliphatic hydroxyl groups is 13. The molecule has 0 bridgehead atoms. The van der Waals surface area contributed by atoms with Gasteiger partial charge in [0.05, 0.1) is 50.3 Å². The molecule has 10 rings (SSSR count). The maximum atomic E-state index is 11.5. The third-order valence-electron chi connectivity index (χ3n) is 19.9. The molecule has 0 aromatic rings. The SMILES string of the molecule is C[C@@H]1O[C@@H](O[C@H]2[C@H](O)[C@@H](O)[C@H](O[C@H]3[C@H](O[C@H]4CC[C@@]5(C)C(=CC[C@H]6C7C[C@@H]8O[C@]9(CC[C@@](C)(CO[C@@H]%10O[C@H](CO)[C@@H](O)[C@H](O)[C@H]%10O)O9)[C@H](C)C8[C@@]7(C)CCC65)C4)O[C@H](CO)[C@@H](O)[C@@H]3O)O[C@@H]2CO)[C@H](O)[C@H](O)[C@H]1O. The molecular formula is C51H82O23. The minimum Gasteiger partial charge on any atom is -0.394 e. The lowest BCUT2D eigenvalue weighted by molar-refractivity contribution is -0.386. The Labute approximate surface area is 430 Å². The second kappa shape index (κ2) is 21.0. The first kappa shape index (κ1) is 56.1. The van der Waals surface area contributed by atoms with Crippen LogP contribution in [0, 0.1) is 40.4 Å². The Morgan fingerprint density at radius 1 is 0.581 bits per heavy atom. The van der Waals surface area contributed by atoms with E-state index in [1.54, 1.807) is 0 Å². The van der Waals surface area contributed by atoms with Crippen LogP contribution in [0.25, 0.3) is 0 Å². The van der Waals surface area contributed by atoms with Gasteiger partial charge in [-0.2, -0.15) is 0 Å². The van der Waals surface area contributed by atoms with Crippen molar-refractivity contribution in [3.63, 3.8) is 0 Å². The van der Waals surface area contributed by atoms with E-state index in [0.717, 1.165) is 32.1 Å². The van der Waals surface area contributed by atoms with Crippen molar-refractivity contribution in [2.45, 2.75) is 239 Å². The minimum atomic E-state index is -1.90. The van der Waals surface area contributed by atoms with Crippen LogP contribution in [0.3, 0.4) is 0 Å². The molecule has 424 valence electrons. The van der Waals surface area contributed by atoms with Crippen LogP contribution in [0.1, 0.15) is 92.4 Å². The number of hydrogen-bond donors (Lipinski definition) is 13. The molecule has 31 atom stereocenters. The molecule has 1 spiro atoms. The van der Waals surface area contributed by atoms with Crippen molar-refractivity contribution in [3.8, 4) is 0 Å². The van der Waals surface area contributed by atoms with Crippen molar-refractivity contribution < 1.29 is 114 Å². The Bertz CT molecular complexity index is 1980. The zero-order chi connectivity index (χ0) is 53.1. The average molecular weight is 1060 g/mol. The van der Waals surface area contributed by atoms with Crippen LogP contribution >= 0.6 is 0 Å². The lowest BCUT2D eigenvalue weighted by atomic mass is 9.47. The molecule has 6 saturated heterocycles. The van der Waals surface area contributed by atoms with Crippen molar-refractivity contribution in [2.75, 3.05) is 26.4 Å². The van der Waals surface area contributed by atoms with Crippen LogP contribution in [0.2, 0.25) is 0 Å². The van der Waals surface area contributed by atoms with Gasteiger partial charge in [0.15, 0.2) is 30.9 Å². The molecule has 13 N–H and O–H groups in total. The second-order valence-electron chi connectivity index (χ2n) is 24.2. The summed E-state index contributed by atoms with van der Waals surface area (Å²) in [5, 5.41) is 137. The Morgan fingerprint density at radius 3 is 1.88 bits per heavy atom. The number of hydrogen-bond acceptors (Lipinski definition) is 23. The van der Waals surface area contributed by atoms with Gasteiger partial charge in [-0.25, -0.2) is 0 Å². The topological polar surface area (TPSA) is 355 Å². The van der Waals surface area contributed by atoms with Gasteiger partial charge in [0, 0.05) is 12.3 Å². The number of fused-ring (bicyclic) bond motifs is 7. The van der Waals surface area contributed by atoms with E-state index in [1.807, 2.05) is 6.92 Å². The molecule has 4 aliphatic carbocycles. The second-order valence-corrected chi connectivity index (χ2v) is 24.2. The van der Waals surface area contributed by atoms with Crippen LogP contribution < -0.4 is 0 Å². The number of ether oxygens (including phenoxy) is 10. The van der Waals surface area contributed by atoms with Gasteiger partial charge in [-0.05, 0) is 99.7 Å². The predicted molar refractivity (Wildman–Crippen MR) is 248 cm³/mol. The zero-order valence-corrected chi connectivity index (χ0v) is 42.8. The quantitative estimate of drug-likeness (QED) is 0.0875. The van der Waals surface area contributed by atoms with E-state index >= 15 is 0 Å². The fourth-order valence-electron chi connectivity index (χ4n) is 15.6. The number of rotatable bonds is 12. The van der Waals surface area contributed by atoms with Gasteiger partial charge in [0.25, 0.3) is 0 Å². The van der Waals surface area contributed by atoms with Crippen molar-refractivity contribution >= 4 is 0 Å². The van der Waals surface area contributed by atoms with Gasteiger partial charge >= 0.3 is 0 Å². The smallest absolute Gasteiger partial charge is 0.187 e. The molecule has 23 nitrogen and oxygen atoms in total. The third kappa shape index (κ3) is 9.38. The minimum absolute atomic E-state index is 0.00375. The molecule has 0 radical (unpaired) electrons. The van der Waals surface area contributed by atoms with Crippen LogP contribution in [-0.2, 0) is 47.4 Å². The van der Waals surface area contributed by atoms with Crippen LogP contribution in [0.5, 0.6) is 0 Å². The summed E-state index contributed by atoms with van der Waals surface area (Å²) in [7, 11) is 0. The summed E-state index contributed by atoms with van der Waals surface area (Å²) in [4.78, 5) is 0. The van der Waals surface area contributed by atoms with E-state index in [-0.39, 0.29) is 35.4 Å². The summed E-state index contributed by atoms with van der Waals surface area (Å²) >= 11 is 0. The number of aliphatic hydroxyl groups excluding tert-OH is 13. The van der Waals surface area contributed by atoms with Crippen LogP contribution in [0.15, 0.2) is 11.6 Å². The van der Waals surface area contributed by atoms with Crippen molar-refractivity contribution in [2.24, 2.45) is 40.4 Å². The summed E-state index contributed by atoms with van der Waals surface area (Å²) in [6.07, 6.45) is -21.2. The fraction of sp³-hybridized carbons (Fsp3) is 0.961. The van der Waals surface area contributed by atoms with Gasteiger partial charge in [-0.1, -0.05) is 32.4 Å². The maximum Gasteiger partial charge on any atom is 0.187 e.